The van der Waals surface area contributed by atoms with Crippen LogP contribution in [0.15, 0.2) is 0 Å². The maximum Gasteiger partial charge on any atom is 0.409 e. The highest BCUT2D eigenvalue weighted by atomic mass is 32.2. The molecule has 0 aromatic heterocycles. The van der Waals surface area contributed by atoms with Crippen molar-refractivity contribution in [2.45, 2.75) is 12.1 Å². The summed E-state index contributed by atoms with van der Waals surface area (Å²) in [5, 5.41) is 3.49. The molecule has 5 heteroatoms. The average molecular weight is 202 g/mol. The van der Waals surface area contributed by atoms with Gasteiger partial charge in [0.1, 0.15) is 0 Å². The van der Waals surface area contributed by atoms with Crippen LogP contribution < -0.4 is 5.32 Å². The Balaban J connectivity index is 1.63. The highest BCUT2D eigenvalue weighted by Gasteiger charge is 2.33. The fraction of sp³-hybridized carbons (Fsp3) is 0.875. The molecule has 0 aromatic rings. The van der Waals surface area contributed by atoms with Gasteiger partial charge in [-0.2, -0.15) is 11.8 Å². The van der Waals surface area contributed by atoms with Gasteiger partial charge in [-0.3, -0.25) is 0 Å². The Bertz CT molecular complexity index is 202. The third kappa shape index (κ3) is 1.91. The van der Waals surface area contributed by atoms with E-state index in [4.69, 9.17) is 0 Å². The van der Waals surface area contributed by atoms with Crippen LogP contribution in [0.1, 0.15) is 0 Å². The van der Waals surface area contributed by atoms with E-state index in [9.17, 15) is 4.79 Å². The number of hydrogen-bond donors (Lipinski definition) is 1. The predicted octanol–water partition coefficient (Wildman–Crippen LogP) is 0.142. The topological polar surface area (TPSA) is 41.6 Å². The molecule has 4 nitrogen and oxygen atoms in total. The molecule has 0 aromatic carbocycles. The van der Waals surface area contributed by atoms with Crippen molar-refractivity contribution < 1.29 is 9.53 Å². The molecule has 0 saturated carbocycles. The standard InChI is InChI=1S/C8H14N2O2S/c1-12-8(11)10-2-6(3-10)9-7-4-13-5-7/h6-7,9H,2-5H2,1H3. The Kier molecular flexibility index (Phi) is 2.64. The average Bonchev–Trinajstić information content (AvgIpc) is 1.97. The van der Waals surface area contributed by atoms with Crippen molar-refractivity contribution in [3.8, 4) is 0 Å². The van der Waals surface area contributed by atoms with E-state index in [0.29, 0.717) is 12.1 Å². The lowest BCUT2D eigenvalue weighted by molar-refractivity contribution is 0.0781. The van der Waals surface area contributed by atoms with Crippen LogP contribution in [0.25, 0.3) is 0 Å². The molecular formula is C8H14N2O2S. The number of methoxy groups -OCH3 is 1. The van der Waals surface area contributed by atoms with Crippen LogP contribution in [-0.4, -0.2) is 54.8 Å². The number of carbonyl (C=O) groups is 1. The number of nitrogens with zero attached hydrogens (tertiary/aromatic N) is 1. The molecular weight excluding hydrogens is 188 g/mol. The molecule has 1 N–H and O–H groups in total. The van der Waals surface area contributed by atoms with E-state index >= 15 is 0 Å². The van der Waals surface area contributed by atoms with Crippen molar-refractivity contribution in [3.05, 3.63) is 0 Å². The lowest BCUT2D eigenvalue weighted by atomic mass is 10.1. The Labute approximate surface area is 82.0 Å². The fourth-order valence-corrected chi connectivity index (χ4v) is 2.19. The normalized spacial score (nSPS) is 23.6. The molecule has 0 atom stereocenters. The second-order valence-electron chi connectivity index (χ2n) is 3.47. The van der Waals surface area contributed by atoms with Gasteiger partial charge in [-0.15, -0.1) is 0 Å². The van der Waals surface area contributed by atoms with Crippen molar-refractivity contribution in [1.82, 2.24) is 10.2 Å². The minimum absolute atomic E-state index is 0.207. The Morgan fingerprint density at radius 3 is 2.62 bits per heavy atom. The van der Waals surface area contributed by atoms with Crippen LogP contribution in [-0.2, 0) is 4.74 Å². The molecule has 0 bridgehead atoms. The van der Waals surface area contributed by atoms with E-state index in [1.165, 1.54) is 18.6 Å². The van der Waals surface area contributed by atoms with Crippen molar-refractivity contribution in [3.63, 3.8) is 0 Å². The first-order valence-corrected chi connectivity index (χ1v) is 5.61. The minimum Gasteiger partial charge on any atom is -0.453 e. The van der Waals surface area contributed by atoms with Gasteiger partial charge in [0.15, 0.2) is 0 Å². The van der Waals surface area contributed by atoms with Gasteiger partial charge in [0.05, 0.1) is 7.11 Å². The summed E-state index contributed by atoms with van der Waals surface area (Å²) in [6, 6.07) is 1.17. The van der Waals surface area contributed by atoms with Gasteiger partial charge in [-0.25, -0.2) is 4.79 Å². The summed E-state index contributed by atoms with van der Waals surface area (Å²) >= 11 is 1.97. The summed E-state index contributed by atoms with van der Waals surface area (Å²) in [5.41, 5.74) is 0. The van der Waals surface area contributed by atoms with Crippen LogP contribution in [0.3, 0.4) is 0 Å². The zero-order valence-corrected chi connectivity index (χ0v) is 8.47. The van der Waals surface area contributed by atoms with Gasteiger partial charge < -0.3 is 15.0 Å². The third-order valence-electron chi connectivity index (χ3n) is 2.42. The summed E-state index contributed by atoms with van der Waals surface area (Å²) in [6.07, 6.45) is -0.207. The molecule has 2 fully saturated rings. The zero-order chi connectivity index (χ0) is 9.26. The number of carbonyl (C=O) groups excluding carboxylic acids is 1. The van der Waals surface area contributed by atoms with Gasteiger partial charge in [0.25, 0.3) is 0 Å². The van der Waals surface area contributed by atoms with Crippen molar-refractivity contribution in [2.75, 3.05) is 31.7 Å². The van der Waals surface area contributed by atoms with Crippen LogP contribution in [0.5, 0.6) is 0 Å². The Morgan fingerprint density at radius 2 is 2.15 bits per heavy atom. The van der Waals surface area contributed by atoms with E-state index in [0.717, 1.165) is 13.1 Å². The second-order valence-corrected chi connectivity index (χ2v) is 4.55. The third-order valence-corrected chi connectivity index (χ3v) is 3.70. The maximum absolute atomic E-state index is 11.0. The first-order valence-electron chi connectivity index (χ1n) is 4.46. The molecule has 2 heterocycles. The van der Waals surface area contributed by atoms with Gasteiger partial charge in [-0.05, 0) is 0 Å². The van der Waals surface area contributed by atoms with Crippen LogP contribution in [0.2, 0.25) is 0 Å². The highest BCUT2D eigenvalue weighted by Crippen LogP contribution is 2.19. The summed E-state index contributed by atoms with van der Waals surface area (Å²) in [4.78, 5) is 12.7. The molecule has 2 aliphatic heterocycles. The van der Waals surface area contributed by atoms with Gasteiger partial charge in [0.2, 0.25) is 0 Å². The number of rotatable bonds is 2. The predicted molar refractivity (Wildman–Crippen MR) is 52.0 cm³/mol. The number of thioether (sulfide) groups is 1. The van der Waals surface area contributed by atoms with Crippen molar-refractivity contribution in [2.24, 2.45) is 0 Å². The smallest absolute Gasteiger partial charge is 0.409 e. The van der Waals surface area contributed by atoms with Gasteiger partial charge in [-0.1, -0.05) is 0 Å². The summed E-state index contributed by atoms with van der Waals surface area (Å²) < 4.78 is 4.60. The lowest BCUT2D eigenvalue weighted by Crippen LogP contribution is -2.63. The number of likely N-dealkylation sites (tertiary alicyclic amines) is 1. The monoisotopic (exact) mass is 202 g/mol. The van der Waals surface area contributed by atoms with E-state index in [1.807, 2.05) is 11.8 Å². The number of ether oxygens (including phenoxy) is 1. The Morgan fingerprint density at radius 1 is 1.46 bits per heavy atom. The first-order chi connectivity index (χ1) is 6.29. The van der Waals surface area contributed by atoms with E-state index < -0.39 is 0 Å². The van der Waals surface area contributed by atoms with Gasteiger partial charge in [0, 0.05) is 36.7 Å². The van der Waals surface area contributed by atoms with Gasteiger partial charge >= 0.3 is 6.09 Å². The second kappa shape index (κ2) is 3.75. The SMILES string of the molecule is COC(=O)N1CC(NC2CSC2)C1. The minimum atomic E-state index is -0.207. The molecule has 2 saturated heterocycles. The zero-order valence-electron chi connectivity index (χ0n) is 7.66. The number of nitrogens with one attached hydrogen (secondary N) is 1. The largest absolute Gasteiger partial charge is 0.453 e. The molecule has 0 spiro atoms. The molecule has 2 rings (SSSR count). The first kappa shape index (κ1) is 9.15. The van der Waals surface area contributed by atoms with Crippen LogP contribution >= 0.6 is 11.8 Å². The molecule has 0 aliphatic carbocycles. The number of hydrogen-bond acceptors (Lipinski definition) is 4. The summed E-state index contributed by atoms with van der Waals surface area (Å²) in [5.74, 6) is 2.43. The maximum atomic E-state index is 11.0. The van der Waals surface area contributed by atoms with E-state index in [1.54, 1.807) is 4.90 Å². The van der Waals surface area contributed by atoms with Crippen LogP contribution in [0, 0.1) is 0 Å². The number of amides is 1. The fourth-order valence-electron chi connectivity index (χ4n) is 1.53. The molecule has 2 aliphatic rings. The summed E-state index contributed by atoms with van der Waals surface area (Å²) in [7, 11) is 1.42. The van der Waals surface area contributed by atoms with E-state index in [2.05, 4.69) is 10.1 Å². The van der Waals surface area contributed by atoms with Crippen molar-refractivity contribution in [1.29, 1.82) is 0 Å². The summed E-state index contributed by atoms with van der Waals surface area (Å²) in [6.45, 7) is 1.60. The molecule has 0 radical (unpaired) electrons. The molecule has 0 unspecified atom stereocenters. The molecule has 74 valence electrons. The highest BCUT2D eigenvalue weighted by molar-refractivity contribution is 8.00. The quantitative estimate of drug-likeness (QED) is 0.691. The molecule has 13 heavy (non-hydrogen) atoms. The van der Waals surface area contributed by atoms with Crippen molar-refractivity contribution >= 4 is 17.9 Å². The van der Waals surface area contributed by atoms with E-state index in [-0.39, 0.29) is 6.09 Å². The lowest BCUT2D eigenvalue weighted by Gasteiger charge is -2.42. The molecule has 1 amide bonds. The Hall–Kier alpha value is -0.420. The van der Waals surface area contributed by atoms with Crippen LogP contribution in [0.4, 0.5) is 4.79 Å².